The van der Waals surface area contributed by atoms with Crippen molar-refractivity contribution in [1.82, 2.24) is 10.2 Å². The zero-order valence-electron chi connectivity index (χ0n) is 11.1. The molecule has 1 aliphatic heterocycles. The first-order valence-electron chi connectivity index (χ1n) is 6.66. The fourth-order valence-corrected chi connectivity index (χ4v) is 3.28. The summed E-state index contributed by atoms with van der Waals surface area (Å²) in [6, 6.07) is 0.572. The van der Waals surface area contributed by atoms with Gasteiger partial charge in [-0.25, -0.2) is 8.42 Å². The summed E-state index contributed by atoms with van der Waals surface area (Å²) >= 11 is 0. The highest BCUT2D eigenvalue weighted by Gasteiger charge is 2.20. The van der Waals surface area contributed by atoms with Gasteiger partial charge in [0, 0.05) is 19.1 Å². The third-order valence-corrected chi connectivity index (χ3v) is 4.75. The third kappa shape index (κ3) is 7.01. The fraction of sp³-hybridized carbons (Fsp3) is 1.00. The van der Waals surface area contributed by atoms with E-state index in [1.807, 2.05) is 0 Å². The lowest BCUT2D eigenvalue weighted by Gasteiger charge is -2.26. The van der Waals surface area contributed by atoms with E-state index >= 15 is 0 Å². The molecule has 1 N–H and O–H groups in total. The molecule has 0 aromatic heterocycles. The van der Waals surface area contributed by atoms with Crippen molar-refractivity contribution in [3.05, 3.63) is 0 Å². The quantitative estimate of drug-likeness (QED) is 0.692. The molecule has 17 heavy (non-hydrogen) atoms. The molecule has 0 saturated carbocycles. The third-order valence-electron chi connectivity index (χ3n) is 3.14. The highest BCUT2D eigenvalue weighted by atomic mass is 32.2. The molecule has 0 amide bonds. The first-order valence-corrected chi connectivity index (χ1v) is 8.48. The van der Waals surface area contributed by atoms with Crippen LogP contribution in [0.5, 0.6) is 0 Å². The molecule has 0 spiro atoms. The summed E-state index contributed by atoms with van der Waals surface area (Å²) in [7, 11) is -2.72. The van der Waals surface area contributed by atoms with Crippen LogP contribution in [0.3, 0.4) is 0 Å². The van der Waals surface area contributed by atoms with Gasteiger partial charge in [-0.15, -0.1) is 0 Å². The maximum atomic E-state index is 11.2. The Morgan fingerprint density at radius 2 is 1.76 bits per heavy atom. The van der Waals surface area contributed by atoms with Crippen LogP contribution in [0.4, 0.5) is 0 Å². The zero-order chi connectivity index (χ0) is 12.7. The van der Waals surface area contributed by atoms with Gasteiger partial charge in [0.15, 0.2) is 9.84 Å². The van der Waals surface area contributed by atoms with E-state index in [1.54, 1.807) is 0 Å². The molecule has 1 fully saturated rings. The van der Waals surface area contributed by atoms with Crippen molar-refractivity contribution < 1.29 is 8.42 Å². The minimum atomic E-state index is -2.72. The van der Waals surface area contributed by atoms with Crippen LogP contribution in [0.2, 0.25) is 0 Å². The Balaban J connectivity index is 1.97. The molecule has 0 aliphatic carbocycles. The molecule has 1 heterocycles. The lowest BCUT2D eigenvalue weighted by atomic mass is 10.2. The fourth-order valence-electron chi connectivity index (χ4n) is 2.00. The molecule has 0 unspecified atom stereocenters. The summed E-state index contributed by atoms with van der Waals surface area (Å²) in [6.07, 6.45) is 3.62. The number of hydrogen-bond acceptors (Lipinski definition) is 4. The number of hydrogen-bond donors (Lipinski definition) is 1. The summed E-state index contributed by atoms with van der Waals surface area (Å²) in [5, 5.41) is 3.40. The van der Waals surface area contributed by atoms with Gasteiger partial charge in [0.2, 0.25) is 0 Å². The molecule has 1 aliphatic rings. The Morgan fingerprint density at radius 3 is 2.35 bits per heavy atom. The van der Waals surface area contributed by atoms with Crippen LogP contribution in [-0.4, -0.2) is 57.0 Å². The summed E-state index contributed by atoms with van der Waals surface area (Å²) in [5.41, 5.74) is 0. The molecule has 102 valence electrons. The molecule has 0 atom stereocenters. The molecule has 0 aromatic rings. The van der Waals surface area contributed by atoms with E-state index in [1.165, 1.54) is 19.3 Å². The van der Waals surface area contributed by atoms with Gasteiger partial charge in [0.1, 0.15) is 0 Å². The van der Waals surface area contributed by atoms with Crippen LogP contribution in [0.15, 0.2) is 0 Å². The normalized spacial score (nSPS) is 20.9. The molecule has 4 nitrogen and oxygen atoms in total. The maximum absolute atomic E-state index is 11.2. The maximum Gasteiger partial charge on any atom is 0.152 e. The average molecular weight is 262 g/mol. The van der Waals surface area contributed by atoms with Crippen LogP contribution in [0, 0.1) is 0 Å². The van der Waals surface area contributed by atoms with Crippen molar-refractivity contribution in [3.63, 3.8) is 0 Å². The topological polar surface area (TPSA) is 49.4 Å². The second-order valence-electron chi connectivity index (χ2n) is 5.16. The molecular formula is C12H26N2O2S. The molecular weight excluding hydrogens is 236 g/mol. The minimum absolute atomic E-state index is 0.349. The predicted molar refractivity (Wildman–Crippen MR) is 72.1 cm³/mol. The Morgan fingerprint density at radius 1 is 1.12 bits per heavy atom. The Kier molecular flexibility index (Phi) is 6.44. The summed E-state index contributed by atoms with van der Waals surface area (Å²) in [5.74, 6) is 0.698. The lowest BCUT2D eigenvalue weighted by Crippen LogP contribution is -2.40. The van der Waals surface area contributed by atoms with Crippen molar-refractivity contribution >= 4 is 9.84 Å². The first kappa shape index (κ1) is 14.9. The van der Waals surface area contributed by atoms with Gasteiger partial charge in [0.05, 0.1) is 11.5 Å². The van der Waals surface area contributed by atoms with E-state index in [0.717, 1.165) is 26.2 Å². The summed E-state index contributed by atoms with van der Waals surface area (Å²) in [4.78, 5) is 2.27. The van der Waals surface area contributed by atoms with Gasteiger partial charge < -0.3 is 10.2 Å². The van der Waals surface area contributed by atoms with Crippen molar-refractivity contribution in [2.24, 2.45) is 0 Å². The van der Waals surface area contributed by atoms with E-state index in [0.29, 0.717) is 17.5 Å². The van der Waals surface area contributed by atoms with Crippen molar-refractivity contribution in [2.75, 3.05) is 37.7 Å². The van der Waals surface area contributed by atoms with Gasteiger partial charge in [-0.3, -0.25) is 0 Å². The van der Waals surface area contributed by atoms with Gasteiger partial charge in [-0.2, -0.15) is 0 Å². The van der Waals surface area contributed by atoms with Crippen LogP contribution in [0.25, 0.3) is 0 Å². The minimum Gasteiger partial charge on any atom is -0.315 e. The highest BCUT2D eigenvalue weighted by molar-refractivity contribution is 7.91. The average Bonchev–Trinajstić information content (AvgIpc) is 2.25. The zero-order valence-corrected chi connectivity index (χ0v) is 11.9. The standard InChI is InChI=1S/C12H26N2O2S/c1-12(2)13-6-4-3-5-7-14-8-10-17(15,16)11-9-14/h12-13H,3-11H2,1-2H3. The van der Waals surface area contributed by atoms with E-state index in [4.69, 9.17) is 0 Å². The van der Waals surface area contributed by atoms with Crippen LogP contribution >= 0.6 is 0 Å². The predicted octanol–water partition coefficient (Wildman–Crippen LogP) is 0.885. The van der Waals surface area contributed by atoms with E-state index in [-0.39, 0.29) is 0 Å². The monoisotopic (exact) mass is 262 g/mol. The molecule has 5 heteroatoms. The molecule has 0 aromatic carbocycles. The second kappa shape index (κ2) is 7.34. The number of nitrogens with zero attached hydrogens (tertiary/aromatic N) is 1. The van der Waals surface area contributed by atoms with E-state index in [9.17, 15) is 8.42 Å². The molecule has 1 saturated heterocycles. The smallest absolute Gasteiger partial charge is 0.152 e. The number of unbranched alkanes of at least 4 members (excludes halogenated alkanes) is 2. The van der Waals surface area contributed by atoms with Crippen LogP contribution in [-0.2, 0) is 9.84 Å². The number of sulfone groups is 1. The Labute approximate surface area is 106 Å². The Bertz CT molecular complexity index is 288. The lowest BCUT2D eigenvalue weighted by molar-refractivity contribution is 0.288. The van der Waals surface area contributed by atoms with Crippen molar-refractivity contribution in [2.45, 2.75) is 39.2 Å². The molecule has 0 bridgehead atoms. The number of rotatable bonds is 7. The second-order valence-corrected chi connectivity index (χ2v) is 7.47. The Hall–Kier alpha value is -0.130. The SMILES string of the molecule is CC(C)NCCCCCN1CCS(=O)(=O)CC1. The van der Waals surface area contributed by atoms with Gasteiger partial charge in [-0.05, 0) is 25.9 Å². The van der Waals surface area contributed by atoms with Crippen LogP contribution < -0.4 is 5.32 Å². The van der Waals surface area contributed by atoms with E-state index < -0.39 is 9.84 Å². The number of nitrogens with one attached hydrogen (secondary N) is 1. The van der Waals surface area contributed by atoms with Crippen LogP contribution in [0.1, 0.15) is 33.1 Å². The summed E-state index contributed by atoms with van der Waals surface area (Å²) in [6.45, 7) is 7.92. The van der Waals surface area contributed by atoms with Crippen molar-refractivity contribution in [1.29, 1.82) is 0 Å². The summed E-state index contributed by atoms with van der Waals surface area (Å²) < 4.78 is 22.5. The van der Waals surface area contributed by atoms with Gasteiger partial charge in [-0.1, -0.05) is 20.3 Å². The van der Waals surface area contributed by atoms with E-state index in [2.05, 4.69) is 24.1 Å². The van der Waals surface area contributed by atoms with Crippen molar-refractivity contribution in [3.8, 4) is 0 Å². The molecule has 0 radical (unpaired) electrons. The largest absolute Gasteiger partial charge is 0.315 e. The molecule has 1 rings (SSSR count). The van der Waals surface area contributed by atoms with Gasteiger partial charge >= 0.3 is 0 Å². The highest BCUT2D eigenvalue weighted by Crippen LogP contribution is 2.05. The van der Waals surface area contributed by atoms with Gasteiger partial charge in [0.25, 0.3) is 0 Å². The first-order chi connectivity index (χ1) is 7.99.